The fourth-order valence-corrected chi connectivity index (χ4v) is 10.1. The molecule has 0 amide bonds. The lowest BCUT2D eigenvalue weighted by atomic mass is 9.96. The third-order valence-corrected chi connectivity index (χ3v) is 12.4. The highest BCUT2D eigenvalue weighted by Gasteiger charge is 2.50. The maximum atomic E-state index is 12.8. The van der Waals surface area contributed by atoms with Crippen LogP contribution >= 0.6 is 0 Å². The molecule has 190 valence electrons. The highest BCUT2D eigenvalue weighted by molar-refractivity contribution is 6.99. The summed E-state index contributed by atoms with van der Waals surface area (Å²) >= 11 is 0. The summed E-state index contributed by atoms with van der Waals surface area (Å²) in [4.78, 5) is 12.8. The van der Waals surface area contributed by atoms with E-state index in [9.17, 15) is 4.79 Å². The van der Waals surface area contributed by atoms with Gasteiger partial charge in [0, 0.05) is 18.6 Å². The van der Waals surface area contributed by atoms with Crippen molar-refractivity contribution in [1.82, 2.24) is 0 Å². The highest BCUT2D eigenvalue weighted by Crippen LogP contribution is 2.37. The Labute approximate surface area is 218 Å². The van der Waals surface area contributed by atoms with Gasteiger partial charge in [0.05, 0.1) is 12.2 Å². The van der Waals surface area contributed by atoms with E-state index in [1.54, 1.807) is 0 Å². The van der Waals surface area contributed by atoms with Crippen LogP contribution in [0.5, 0.6) is 0 Å². The van der Waals surface area contributed by atoms with E-state index in [0.29, 0.717) is 13.0 Å². The number of hydrogen-bond donors (Lipinski definition) is 0. The minimum absolute atomic E-state index is 0.00887. The van der Waals surface area contributed by atoms with Gasteiger partial charge in [0.2, 0.25) is 0 Å². The third-order valence-electron chi connectivity index (χ3n) is 7.40. The van der Waals surface area contributed by atoms with Crippen molar-refractivity contribution in [3.05, 3.63) is 96.1 Å². The van der Waals surface area contributed by atoms with Gasteiger partial charge in [-0.05, 0) is 48.0 Å². The molecule has 0 bridgehead atoms. The van der Waals surface area contributed by atoms with E-state index in [0.717, 1.165) is 31.2 Å². The van der Waals surface area contributed by atoms with Gasteiger partial charge in [-0.15, -0.1) is 0 Å². The Morgan fingerprint density at radius 3 is 1.97 bits per heavy atom. The number of Topliss-reactive ketones (excluding diaryl/α,β-unsaturated/α-hetero) is 1. The molecule has 1 saturated heterocycles. The predicted octanol–water partition coefficient (Wildman–Crippen LogP) is 6.47. The lowest BCUT2D eigenvalue weighted by Crippen LogP contribution is -2.66. The lowest BCUT2D eigenvalue weighted by Gasteiger charge is -2.43. The molecule has 0 unspecified atom stereocenters. The van der Waals surface area contributed by atoms with Crippen LogP contribution in [0.25, 0.3) is 0 Å². The van der Waals surface area contributed by atoms with E-state index in [1.165, 1.54) is 15.9 Å². The quantitative estimate of drug-likeness (QED) is 0.249. The summed E-state index contributed by atoms with van der Waals surface area (Å²) in [7, 11) is -2.54. The molecule has 0 N–H and O–H groups in total. The standard InChI is InChI=1S/C32H40O3Si/c1-25-18-20-26(21-19-25)31(33)24-28-13-11-12-27(35-28)22-23-34-36(32(2,3)4,29-14-7-5-8-15-29)30-16-9-6-10-17-30/h5-10,14-21,27-28H,11-13,22-24H2,1-4H3/t27-,28+/m1/s1. The zero-order valence-corrected chi connectivity index (χ0v) is 23.2. The molecule has 3 aromatic rings. The van der Waals surface area contributed by atoms with Crippen LogP contribution in [0.2, 0.25) is 5.04 Å². The molecule has 4 heteroatoms. The van der Waals surface area contributed by atoms with Crippen LogP contribution in [0.15, 0.2) is 84.9 Å². The lowest BCUT2D eigenvalue weighted by molar-refractivity contribution is -0.0567. The molecule has 0 radical (unpaired) electrons. The van der Waals surface area contributed by atoms with Gasteiger partial charge in [-0.3, -0.25) is 4.79 Å². The zero-order chi connectivity index (χ0) is 25.6. The van der Waals surface area contributed by atoms with E-state index < -0.39 is 8.32 Å². The summed E-state index contributed by atoms with van der Waals surface area (Å²) < 4.78 is 13.5. The van der Waals surface area contributed by atoms with E-state index >= 15 is 0 Å². The van der Waals surface area contributed by atoms with Crippen molar-refractivity contribution in [2.45, 2.75) is 77.0 Å². The fourth-order valence-electron chi connectivity index (χ4n) is 5.51. The van der Waals surface area contributed by atoms with Crippen LogP contribution in [0.3, 0.4) is 0 Å². The first-order valence-corrected chi connectivity index (χ1v) is 15.2. The van der Waals surface area contributed by atoms with Crippen LogP contribution in [0.1, 0.15) is 68.8 Å². The summed E-state index contributed by atoms with van der Waals surface area (Å²) in [5.41, 5.74) is 1.95. The van der Waals surface area contributed by atoms with Gasteiger partial charge in [-0.25, -0.2) is 0 Å². The van der Waals surface area contributed by atoms with E-state index in [1.807, 2.05) is 31.2 Å². The second-order valence-corrected chi connectivity index (χ2v) is 15.4. The molecule has 4 rings (SSSR count). The van der Waals surface area contributed by atoms with Crippen LogP contribution in [-0.2, 0) is 9.16 Å². The number of aryl methyl sites for hydroxylation is 1. The molecule has 36 heavy (non-hydrogen) atoms. The zero-order valence-electron chi connectivity index (χ0n) is 22.2. The normalized spacial score (nSPS) is 18.7. The largest absolute Gasteiger partial charge is 0.407 e. The van der Waals surface area contributed by atoms with E-state index in [2.05, 4.69) is 81.4 Å². The smallest absolute Gasteiger partial charge is 0.261 e. The number of benzene rings is 3. The molecule has 3 aromatic carbocycles. The van der Waals surface area contributed by atoms with Gasteiger partial charge < -0.3 is 9.16 Å². The molecule has 0 spiro atoms. The number of carbonyl (C=O) groups is 1. The molecule has 1 heterocycles. The summed E-state index contributed by atoms with van der Waals surface area (Å²) in [5.74, 6) is 0.171. The Morgan fingerprint density at radius 2 is 1.42 bits per heavy atom. The maximum absolute atomic E-state index is 12.8. The number of hydrogen-bond acceptors (Lipinski definition) is 3. The fraction of sp³-hybridized carbons (Fsp3) is 0.406. The first-order chi connectivity index (χ1) is 17.3. The third kappa shape index (κ3) is 6.05. The SMILES string of the molecule is Cc1ccc(C(=O)C[C@@H]2CCC[C@H](CCO[Si](c3ccccc3)(c3ccccc3)C(C)(C)C)O2)cc1. The second kappa shape index (κ2) is 11.7. The monoisotopic (exact) mass is 500 g/mol. The molecule has 3 nitrogen and oxygen atoms in total. The topological polar surface area (TPSA) is 35.5 Å². The second-order valence-electron chi connectivity index (χ2n) is 11.1. The van der Waals surface area contributed by atoms with Gasteiger partial charge in [0.15, 0.2) is 5.78 Å². The summed E-state index contributed by atoms with van der Waals surface area (Å²) in [6, 6.07) is 29.4. The Balaban J connectivity index is 1.44. The van der Waals surface area contributed by atoms with E-state index in [4.69, 9.17) is 9.16 Å². The number of ketones is 1. The number of carbonyl (C=O) groups excluding carboxylic acids is 1. The predicted molar refractivity (Wildman–Crippen MR) is 151 cm³/mol. The van der Waals surface area contributed by atoms with Gasteiger partial charge in [-0.2, -0.15) is 0 Å². The summed E-state index contributed by atoms with van der Waals surface area (Å²) in [6.45, 7) is 9.61. The van der Waals surface area contributed by atoms with Crippen molar-refractivity contribution in [2.75, 3.05) is 6.61 Å². The van der Waals surface area contributed by atoms with Crippen LogP contribution < -0.4 is 10.4 Å². The number of rotatable bonds is 9. The molecule has 0 aliphatic carbocycles. The molecule has 0 saturated carbocycles. The van der Waals surface area contributed by atoms with Crippen LogP contribution in [0, 0.1) is 6.92 Å². The Kier molecular flexibility index (Phi) is 8.61. The van der Waals surface area contributed by atoms with Crippen molar-refractivity contribution in [3.63, 3.8) is 0 Å². The molecule has 2 atom stereocenters. The highest BCUT2D eigenvalue weighted by atomic mass is 28.4. The van der Waals surface area contributed by atoms with Crippen molar-refractivity contribution in [1.29, 1.82) is 0 Å². The summed E-state index contributed by atoms with van der Waals surface area (Å²) in [6.07, 6.45) is 4.49. The van der Waals surface area contributed by atoms with Crippen molar-refractivity contribution in [2.24, 2.45) is 0 Å². The first-order valence-electron chi connectivity index (χ1n) is 13.3. The van der Waals surface area contributed by atoms with Crippen LogP contribution in [0.4, 0.5) is 0 Å². The molecule has 1 aliphatic rings. The van der Waals surface area contributed by atoms with Gasteiger partial charge in [0.25, 0.3) is 8.32 Å². The van der Waals surface area contributed by atoms with Gasteiger partial charge in [0.1, 0.15) is 0 Å². The number of ether oxygens (including phenoxy) is 1. The Bertz CT molecular complexity index is 1060. The van der Waals surface area contributed by atoms with Crippen molar-refractivity contribution in [3.8, 4) is 0 Å². The maximum Gasteiger partial charge on any atom is 0.261 e. The minimum atomic E-state index is -2.54. The van der Waals surface area contributed by atoms with Crippen molar-refractivity contribution < 1.29 is 14.0 Å². The minimum Gasteiger partial charge on any atom is -0.407 e. The van der Waals surface area contributed by atoms with E-state index in [-0.39, 0.29) is 23.0 Å². The molecular weight excluding hydrogens is 460 g/mol. The molecule has 1 fully saturated rings. The molecule has 0 aromatic heterocycles. The van der Waals surface area contributed by atoms with Gasteiger partial charge in [-0.1, -0.05) is 111 Å². The Hall–Kier alpha value is -2.53. The molecule has 1 aliphatic heterocycles. The Morgan fingerprint density at radius 1 is 0.861 bits per heavy atom. The molecular formula is C32H40O3Si. The van der Waals surface area contributed by atoms with Crippen molar-refractivity contribution >= 4 is 24.5 Å². The van der Waals surface area contributed by atoms with Crippen LogP contribution in [-0.4, -0.2) is 32.9 Å². The average Bonchev–Trinajstić information content (AvgIpc) is 2.87. The van der Waals surface area contributed by atoms with Gasteiger partial charge >= 0.3 is 0 Å². The first kappa shape index (κ1) is 26.5. The average molecular weight is 501 g/mol. The summed E-state index contributed by atoms with van der Waals surface area (Å²) in [5, 5.41) is 2.57.